The fourth-order valence-electron chi connectivity index (χ4n) is 1.29. The summed E-state index contributed by atoms with van der Waals surface area (Å²) in [5.41, 5.74) is 6.72. The quantitative estimate of drug-likeness (QED) is 0.942. The van der Waals surface area contributed by atoms with E-state index in [1.165, 1.54) is 0 Å². The molecule has 0 atom stereocenters. The van der Waals surface area contributed by atoms with Gasteiger partial charge in [-0.2, -0.15) is 0 Å². The molecule has 0 aliphatic heterocycles. The molecule has 1 aromatic carbocycles. The molecule has 0 bridgehead atoms. The van der Waals surface area contributed by atoms with Crippen molar-refractivity contribution >= 4 is 27.7 Å². The summed E-state index contributed by atoms with van der Waals surface area (Å²) in [6.07, 6.45) is 1.80. The minimum atomic E-state index is 0.551. The molecule has 1 aromatic heterocycles. The summed E-state index contributed by atoms with van der Waals surface area (Å²) in [6.45, 7) is 0.551. The van der Waals surface area contributed by atoms with Crippen LogP contribution >= 0.6 is 27.7 Å². The van der Waals surface area contributed by atoms with Gasteiger partial charge in [0.25, 0.3) is 0 Å². The van der Waals surface area contributed by atoms with Gasteiger partial charge in [-0.15, -0.1) is 0 Å². The molecule has 16 heavy (non-hydrogen) atoms. The van der Waals surface area contributed by atoms with E-state index in [2.05, 4.69) is 33.0 Å². The maximum absolute atomic E-state index is 5.60. The number of nitrogens with two attached hydrogens (primary N) is 1. The normalized spacial score (nSPS) is 10.4. The van der Waals surface area contributed by atoms with Crippen molar-refractivity contribution in [2.75, 3.05) is 0 Å². The second-order valence-corrected chi connectivity index (χ2v) is 5.18. The molecule has 0 saturated heterocycles. The number of halogens is 1. The maximum Gasteiger partial charge on any atom is 0.101 e. The second kappa shape index (κ2) is 5.48. The molecule has 0 spiro atoms. The van der Waals surface area contributed by atoms with Gasteiger partial charge >= 0.3 is 0 Å². The minimum absolute atomic E-state index is 0.551. The van der Waals surface area contributed by atoms with Gasteiger partial charge in [0.1, 0.15) is 5.03 Å². The molecule has 0 radical (unpaired) electrons. The first-order chi connectivity index (χ1) is 7.79. The molecule has 0 amide bonds. The Hall–Kier alpha value is -0.840. The first kappa shape index (κ1) is 11.6. The summed E-state index contributed by atoms with van der Waals surface area (Å²) in [5, 5.41) is 0.995. The summed E-state index contributed by atoms with van der Waals surface area (Å²) >= 11 is 5.15. The molecule has 0 aliphatic rings. The van der Waals surface area contributed by atoms with Crippen LogP contribution in [0.15, 0.2) is 57.0 Å². The van der Waals surface area contributed by atoms with Gasteiger partial charge in [0.05, 0.1) is 0 Å². The lowest BCUT2D eigenvalue weighted by Gasteiger charge is -2.04. The van der Waals surface area contributed by atoms with Crippen LogP contribution in [0.4, 0.5) is 0 Å². The predicted octanol–water partition coefficient (Wildman–Crippen LogP) is 3.45. The maximum atomic E-state index is 5.60. The van der Waals surface area contributed by atoms with Crippen molar-refractivity contribution in [2.45, 2.75) is 16.5 Å². The molecule has 0 saturated carbocycles. The molecule has 1 heterocycles. The molecule has 0 fully saturated rings. The Balaban J connectivity index is 2.20. The fourth-order valence-corrected chi connectivity index (χ4v) is 2.79. The Morgan fingerprint density at radius 3 is 2.75 bits per heavy atom. The van der Waals surface area contributed by atoms with Gasteiger partial charge in [0, 0.05) is 22.1 Å². The molecule has 2 aromatic rings. The Bertz CT molecular complexity index is 474. The average molecular weight is 295 g/mol. The van der Waals surface area contributed by atoms with E-state index >= 15 is 0 Å². The molecule has 2 N–H and O–H groups in total. The zero-order valence-electron chi connectivity index (χ0n) is 8.56. The summed E-state index contributed by atoms with van der Waals surface area (Å²) in [5.74, 6) is 0. The molecule has 82 valence electrons. The summed E-state index contributed by atoms with van der Waals surface area (Å²) in [7, 11) is 0. The Labute approximate surface area is 107 Å². The van der Waals surface area contributed by atoms with E-state index in [0.717, 1.165) is 20.0 Å². The van der Waals surface area contributed by atoms with Crippen molar-refractivity contribution < 1.29 is 0 Å². The van der Waals surface area contributed by atoms with Crippen LogP contribution in [0.25, 0.3) is 0 Å². The van der Waals surface area contributed by atoms with Crippen LogP contribution in [0.3, 0.4) is 0 Å². The number of aromatic nitrogens is 1. The number of hydrogen-bond acceptors (Lipinski definition) is 3. The van der Waals surface area contributed by atoms with Gasteiger partial charge in [-0.25, -0.2) is 4.98 Å². The largest absolute Gasteiger partial charge is 0.326 e. The zero-order valence-corrected chi connectivity index (χ0v) is 11.0. The summed E-state index contributed by atoms with van der Waals surface area (Å²) in [6, 6.07) is 12.1. The van der Waals surface area contributed by atoms with Crippen molar-refractivity contribution in [3.63, 3.8) is 0 Å². The second-order valence-electron chi connectivity index (χ2n) is 3.23. The van der Waals surface area contributed by atoms with Gasteiger partial charge in [0.15, 0.2) is 0 Å². The Kier molecular flexibility index (Phi) is 3.98. The number of nitrogens with zero attached hydrogens (tertiary/aromatic N) is 1. The van der Waals surface area contributed by atoms with Crippen molar-refractivity contribution in [1.29, 1.82) is 0 Å². The average Bonchev–Trinajstić information content (AvgIpc) is 2.31. The van der Waals surface area contributed by atoms with Crippen LogP contribution < -0.4 is 5.73 Å². The monoisotopic (exact) mass is 294 g/mol. The molecule has 0 aliphatic carbocycles. The molecule has 4 heteroatoms. The van der Waals surface area contributed by atoms with Gasteiger partial charge in [-0.3, -0.25) is 0 Å². The van der Waals surface area contributed by atoms with Crippen LogP contribution in [0.5, 0.6) is 0 Å². The zero-order chi connectivity index (χ0) is 11.4. The highest BCUT2D eigenvalue weighted by atomic mass is 79.9. The van der Waals surface area contributed by atoms with Crippen molar-refractivity contribution in [3.05, 3.63) is 52.6 Å². The third-order valence-electron chi connectivity index (χ3n) is 2.10. The van der Waals surface area contributed by atoms with Crippen molar-refractivity contribution in [1.82, 2.24) is 4.98 Å². The first-order valence-electron chi connectivity index (χ1n) is 4.87. The molecule has 2 rings (SSSR count). The van der Waals surface area contributed by atoms with Crippen LogP contribution in [0.1, 0.15) is 5.56 Å². The standard InChI is InChI=1S/C12H11BrN2S/c13-11-7-10(5-4-9(11)8-14)16-12-3-1-2-6-15-12/h1-7H,8,14H2. The lowest BCUT2D eigenvalue weighted by atomic mass is 10.2. The number of pyridine rings is 1. The van der Waals surface area contributed by atoms with E-state index in [0.29, 0.717) is 6.54 Å². The Morgan fingerprint density at radius 2 is 2.12 bits per heavy atom. The van der Waals surface area contributed by atoms with Crippen LogP contribution in [-0.2, 0) is 6.54 Å². The molecular formula is C12H11BrN2S. The van der Waals surface area contributed by atoms with Crippen molar-refractivity contribution in [3.8, 4) is 0 Å². The van der Waals surface area contributed by atoms with E-state index in [1.807, 2.05) is 24.3 Å². The third kappa shape index (κ3) is 2.84. The van der Waals surface area contributed by atoms with Gasteiger partial charge in [-0.1, -0.05) is 39.8 Å². The van der Waals surface area contributed by atoms with E-state index in [4.69, 9.17) is 5.73 Å². The third-order valence-corrected chi connectivity index (χ3v) is 3.78. The van der Waals surface area contributed by atoms with Gasteiger partial charge < -0.3 is 5.73 Å². The van der Waals surface area contributed by atoms with E-state index < -0.39 is 0 Å². The first-order valence-corrected chi connectivity index (χ1v) is 6.48. The minimum Gasteiger partial charge on any atom is -0.326 e. The summed E-state index contributed by atoms with van der Waals surface area (Å²) in [4.78, 5) is 5.42. The predicted molar refractivity (Wildman–Crippen MR) is 70.4 cm³/mol. The highest BCUT2D eigenvalue weighted by Crippen LogP contribution is 2.29. The van der Waals surface area contributed by atoms with Gasteiger partial charge in [-0.05, 0) is 29.8 Å². The SMILES string of the molecule is NCc1ccc(Sc2ccccn2)cc1Br. The topological polar surface area (TPSA) is 38.9 Å². The van der Waals surface area contributed by atoms with E-state index in [9.17, 15) is 0 Å². The van der Waals surface area contributed by atoms with Crippen LogP contribution in [-0.4, -0.2) is 4.98 Å². The lowest BCUT2D eigenvalue weighted by Crippen LogP contribution is -1.96. The Morgan fingerprint density at radius 1 is 1.25 bits per heavy atom. The van der Waals surface area contributed by atoms with Gasteiger partial charge in [0.2, 0.25) is 0 Å². The highest BCUT2D eigenvalue weighted by Gasteiger charge is 2.02. The van der Waals surface area contributed by atoms with E-state index in [1.54, 1.807) is 18.0 Å². The fraction of sp³-hybridized carbons (Fsp3) is 0.0833. The summed E-state index contributed by atoms with van der Waals surface area (Å²) < 4.78 is 1.05. The van der Waals surface area contributed by atoms with Crippen molar-refractivity contribution in [2.24, 2.45) is 5.73 Å². The smallest absolute Gasteiger partial charge is 0.101 e. The van der Waals surface area contributed by atoms with E-state index in [-0.39, 0.29) is 0 Å². The number of benzene rings is 1. The molecule has 0 unspecified atom stereocenters. The molecular weight excluding hydrogens is 284 g/mol. The molecule has 2 nitrogen and oxygen atoms in total. The number of hydrogen-bond donors (Lipinski definition) is 1. The number of rotatable bonds is 3. The highest BCUT2D eigenvalue weighted by molar-refractivity contribution is 9.10. The van der Waals surface area contributed by atoms with Crippen LogP contribution in [0.2, 0.25) is 0 Å². The van der Waals surface area contributed by atoms with Crippen LogP contribution in [0, 0.1) is 0 Å². The lowest BCUT2D eigenvalue weighted by molar-refractivity contribution is 1.05.